The largest absolute Gasteiger partial charge is 0.385 e. The van der Waals surface area contributed by atoms with Gasteiger partial charge in [0.05, 0.1) is 0 Å². The Hall–Kier alpha value is -1.96. The Kier molecular flexibility index (Phi) is 3.30. The molecule has 0 spiro atoms. The van der Waals surface area contributed by atoms with Gasteiger partial charge in [-0.05, 0) is 54.5 Å². The molecule has 0 aromatic heterocycles. The van der Waals surface area contributed by atoms with E-state index in [-0.39, 0.29) is 0 Å². The summed E-state index contributed by atoms with van der Waals surface area (Å²) in [6.07, 6.45) is 4.90. The van der Waals surface area contributed by atoms with Crippen LogP contribution in [0.1, 0.15) is 29.5 Å². The highest BCUT2D eigenvalue weighted by atomic mass is 15.1. The number of nitrogens with zero attached hydrogens (tertiary/aromatic N) is 1. The lowest BCUT2D eigenvalue weighted by Crippen LogP contribution is -2.25. The summed E-state index contributed by atoms with van der Waals surface area (Å²) in [5.74, 6) is 0. The second-order valence-corrected chi connectivity index (χ2v) is 6.13. The van der Waals surface area contributed by atoms with E-state index < -0.39 is 0 Å². The third-order valence-electron chi connectivity index (χ3n) is 4.76. The van der Waals surface area contributed by atoms with Crippen molar-refractivity contribution < 1.29 is 0 Å². The smallest absolute Gasteiger partial charge is 0.0432 e. The number of rotatable bonds is 1. The van der Waals surface area contributed by atoms with E-state index in [1.54, 1.807) is 0 Å². The van der Waals surface area contributed by atoms with Crippen molar-refractivity contribution in [1.29, 1.82) is 0 Å². The zero-order valence-electron chi connectivity index (χ0n) is 12.4. The molecule has 0 amide bonds. The van der Waals surface area contributed by atoms with Crippen molar-refractivity contribution in [3.05, 3.63) is 59.2 Å². The quantitative estimate of drug-likeness (QED) is 0.848. The zero-order valence-corrected chi connectivity index (χ0v) is 12.4. The van der Waals surface area contributed by atoms with Crippen LogP contribution in [0.5, 0.6) is 0 Å². The molecule has 0 fully saturated rings. The minimum absolute atomic E-state index is 1.05. The molecule has 0 aliphatic carbocycles. The lowest BCUT2D eigenvalue weighted by Gasteiger charge is -2.29. The average Bonchev–Trinajstić information content (AvgIpc) is 2.76. The minimum Gasteiger partial charge on any atom is -0.385 e. The molecule has 0 saturated carbocycles. The van der Waals surface area contributed by atoms with Crippen LogP contribution < -0.4 is 10.2 Å². The van der Waals surface area contributed by atoms with E-state index in [9.17, 15) is 0 Å². The third-order valence-corrected chi connectivity index (χ3v) is 4.76. The molecular formula is C19H22N2. The molecule has 4 rings (SSSR count). The number of fused-ring (bicyclic) bond motifs is 2. The average molecular weight is 278 g/mol. The van der Waals surface area contributed by atoms with Gasteiger partial charge in [-0.2, -0.15) is 0 Å². The number of anilines is 2. The first-order chi connectivity index (χ1) is 10.4. The standard InChI is InChI=1S/C19H22N2/c1-2-7-16-14-21(13-5-8-15(16)6-1)19-11-3-10-18-17(19)9-4-12-20-18/h1-3,6-7,10-11,20H,4-5,8-9,12-14H2. The highest BCUT2D eigenvalue weighted by Gasteiger charge is 2.19. The summed E-state index contributed by atoms with van der Waals surface area (Å²) < 4.78 is 0. The van der Waals surface area contributed by atoms with Gasteiger partial charge in [-0.25, -0.2) is 0 Å². The van der Waals surface area contributed by atoms with Crippen LogP contribution in [0.15, 0.2) is 42.5 Å². The minimum atomic E-state index is 1.05. The van der Waals surface area contributed by atoms with Gasteiger partial charge in [0.15, 0.2) is 0 Å². The Morgan fingerprint density at radius 3 is 2.71 bits per heavy atom. The number of nitrogens with one attached hydrogen (secondary N) is 1. The number of aryl methyl sites for hydroxylation is 1. The molecule has 2 aromatic carbocycles. The van der Waals surface area contributed by atoms with Gasteiger partial charge in [0.25, 0.3) is 0 Å². The highest BCUT2D eigenvalue weighted by Crippen LogP contribution is 2.33. The monoisotopic (exact) mass is 278 g/mol. The second kappa shape index (κ2) is 5.44. The number of hydrogen-bond donors (Lipinski definition) is 1. The zero-order chi connectivity index (χ0) is 14.1. The Labute approximate surface area is 126 Å². The summed E-state index contributed by atoms with van der Waals surface area (Å²) in [6, 6.07) is 15.7. The molecule has 0 radical (unpaired) electrons. The lowest BCUT2D eigenvalue weighted by molar-refractivity contribution is 0.751. The van der Waals surface area contributed by atoms with Crippen LogP contribution >= 0.6 is 0 Å². The molecule has 2 heteroatoms. The fraction of sp³-hybridized carbons (Fsp3) is 0.368. The van der Waals surface area contributed by atoms with Gasteiger partial charge in [-0.15, -0.1) is 0 Å². The Morgan fingerprint density at radius 1 is 0.857 bits per heavy atom. The molecular weight excluding hydrogens is 256 g/mol. The van der Waals surface area contributed by atoms with Gasteiger partial charge in [0.2, 0.25) is 0 Å². The van der Waals surface area contributed by atoms with E-state index in [1.807, 2.05) is 0 Å². The van der Waals surface area contributed by atoms with Crippen molar-refractivity contribution in [2.75, 3.05) is 23.3 Å². The summed E-state index contributed by atoms with van der Waals surface area (Å²) in [4.78, 5) is 2.58. The Bertz CT molecular complexity index is 648. The van der Waals surface area contributed by atoms with Gasteiger partial charge in [0.1, 0.15) is 0 Å². The van der Waals surface area contributed by atoms with Crippen molar-refractivity contribution in [3.8, 4) is 0 Å². The third kappa shape index (κ3) is 2.39. The van der Waals surface area contributed by atoms with Crippen molar-refractivity contribution in [3.63, 3.8) is 0 Å². The number of hydrogen-bond acceptors (Lipinski definition) is 2. The molecule has 2 aliphatic heterocycles. The maximum Gasteiger partial charge on any atom is 0.0432 e. The Morgan fingerprint density at radius 2 is 1.76 bits per heavy atom. The van der Waals surface area contributed by atoms with Crippen molar-refractivity contribution in [1.82, 2.24) is 0 Å². The summed E-state index contributed by atoms with van der Waals surface area (Å²) in [5.41, 5.74) is 7.33. The lowest BCUT2D eigenvalue weighted by atomic mass is 10.00. The maximum absolute atomic E-state index is 3.55. The van der Waals surface area contributed by atoms with Crippen LogP contribution in [-0.4, -0.2) is 13.1 Å². The first kappa shape index (κ1) is 12.8. The molecule has 108 valence electrons. The van der Waals surface area contributed by atoms with Crippen LogP contribution in [0.3, 0.4) is 0 Å². The molecule has 2 nitrogen and oxygen atoms in total. The predicted molar refractivity (Wildman–Crippen MR) is 89.1 cm³/mol. The normalized spacial score (nSPS) is 17.4. The van der Waals surface area contributed by atoms with Gasteiger partial charge in [0, 0.05) is 31.0 Å². The summed E-state index contributed by atoms with van der Waals surface area (Å²) in [5, 5.41) is 3.55. The van der Waals surface area contributed by atoms with Crippen LogP contribution in [-0.2, 0) is 19.4 Å². The molecule has 1 N–H and O–H groups in total. The van der Waals surface area contributed by atoms with E-state index in [2.05, 4.69) is 52.7 Å². The fourth-order valence-corrected chi connectivity index (χ4v) is 3.69. The molecule has 0 bridgehead atoms. The van der Waals surface area contributed by atoms with Crippen molar-refractivity contribution in [2.24, 2.45) is 0 Å². The first-order valence-corrected chi connectivity index (χ1v) is 8.09. The topological polar surface area (TPSA) is 15.3 Å². The first-order valence-electron chi connectivity index (χ1n) is 8.09. The van der Waals surface area contributed by atoms with Gasteiger partial charge in [-0.3, -0.25) is 0 Å². The van der Waals surface area contributed by atoms with E-state index in [4.69, 9.17) is 0 Å². The van der Waals surface area contributed by atoms with Crippen LogP contribution in [0.2, 0.25) is 0 Å². The fourth-order valence-electron chi connectivity index (χ4n) is 3.69. The van der Waals surface area contributed by atoms with Crippen LogP contribution in [0.25, 0.3) is 0 Å². The molecule has 21 heavy (non-hydrogen) atoms. The molecule has 0 unspecified atom stereocenters. The molecule has 0 atom stereocenters. The Balaban J connectivity index is 1.71. The summed E-state index contributed by atoms with van der Waals surface area (Å²) in [6.45, 7) is 3.32. The predicted octanol–water partition coefficient (Wildman–Crippen LogP) is 4.00. The van der Waals surface area contributed by atoms with Crippen LogP contribution in [0, 0.1) is 0 Å². The summed E-state index contributed by atoms with van der Waals surface area (Å²) in [7, 11) is 0. The van der Waals surface area contributed by atoms with E-state index >= 15 is 0 Å². The SMILES string of the molecule is c1ccc2c(c1)CCCN(c1cccc3c1CCCN3)C2. The van der Waals surface area contributed by atoms with E-state index in [1.165, 1.54) is 53.7 Å². The molecule has 2 heterocycles. The van der Waals surface area contributed by atoms with E-state index in [0.717, 1.165) is 19.6 Å². The summed E-state index contributed by atoms with van der Waals surface area (Å²) >= 11 is 0. The molecule has 2 aliphatic rings. The maximum atomic E-state index is 3.55. The van der Waals surface area contributed by atoms with Crippen molar-refractivity contribution in [2.45, 2.75) is 32.2 Å². The van der Waals surface area contributed by atoms with Crippen LogP contribution in [0.4, 0.5) is 11.4 Å². The molecule has 0 saturated heterocycles. The van der Waals surface area contributed by atoms with Gasteiger partial charge < -0.3 is 10.2 Å². The van der Waals surface area contributed by atoms with Gasteiger partial charge >= 0.3 is 0 Å². The van der Waals surface area contributed by atoms with Crippen molar-refractivity contribution >= 4 is 11.4 Å². The number of benzene rings is 2. The molecule has 2 aromatic rings. The van der Waals surface area contributed by atoms with Gasteiger partial charge in [-0.1, -0.05) is 30.3 Å². The second-order valence-electron chi connectivity index (χ2n) is 6.13. The highest BCUT2D eigenvalue weighted by molar-refractivity contribution is 5.68. The van der Waals surface area contributed by atoms with E-state index in [0.29, 0.717) is 0 Å².